The molecule has 0 aromatic carbocycles. The molecule has 35 heavy (non-hydrogen) atoms. The second-order valence-corrected chi connectivity index (χ2v) is 12.3. The van der Waals surface area contributed by atoms with Gasteiger partial charge in [0.2, 0.25) is 0 Å². The van der Waals surface area contributed by atoms with Crippen molar-refractivity contribution in [3.63, 3.8) is 0 Å². The van der Waals surface area contributed by atoms with Crippen LogP contribution in [0.15, 0.2) is 23.4 Å². The van der Waals surface area contributed by atoms with E-state index in [0.29, 0.717) is 12.8 Å². The molecular weight excluding hydrogens is 493 g/mol. The van der Waals surface area contributed by atoms with E-state index >= 15 is 0 Å². The first-order chi connectivity index (χ1) is 16.1. The Balaban J connectivity index is 1.56. The third kappa shape index (κ3) is 3.82. The van der Waals surface area contributed by atoms with Crippen molar-refractivity contribution < 1.29 is 31.0 Å². The SMILES string of the molecule is CC1(Cn2nc(C3CC3)c(C(F)(F)F)c2C(=O)Nc2ccnc(S(C)(=N)=O)c2)CC(F)(F)C12CC2. The summed E-state index contributed by atoms with van der Waals surface area (Å²) in [5.74, 6) is -4.44. The monoisotopic (exact) mass is 517 g/mol. The highest BCUT2D eigenvalue weighted by Gasteiger charge is 2.80. The smallest absolute Gasteiger partial charge is 0.320 e. The van der Waals surface area contributed by atoms with Gasteiger partial charge in [-0.1, -0.05) is 6.92 Å². The van der Waals surface area contributed by atoms with E-state index in [1.807, 2.05) is 0 Å². The van der Waals surface area contributed by atoms with Crippen molar-refractivity contribution in [1.82, 2.24) is 14.8 Å². The van der Waals surface area contributed by atoms with Gasteiger partial charge in [0.15, 0.2) is 0 Å². The van der Waals surface area contributed by atoms with Crippen molar-refractivity contribution in [3.05, 3.63) is 35.3 Å². The minimum atomic E-state index is -4.88. The van der Waals surface area contributed by atoms with E-state index in [0.717, 1.165) is 17.0 Å². The molecule has 2 unspecified atom stereocenters. The van der Waals surface area contributed by atoms with Gasteiger partial charge >= 0.3 is 6.18 Å². The molecule has 1 amide bonds. The fourth-order valence-electron chi connectivity index (χ4n) is 5.43. The molecule has 3 fully saturated rings. The molecule has 3 aliphatic rings. The summed E-state index contributed by atoms with van der Waals surface area (Å²) >= 11 is 0. The van der Waals surface area contributed by atoms with E-state index in [4.69, 9.17) is 4.78 Å². The molecule has 0 aliphatic heterocycles. The van der Waals surface area contributed by atoms with Crippen molar-refractivity contribution in [2.75, 3.05) is 11.6 Å². The molecule has 13 heteroatoms. The van der Waals surface area contributed by atoms with Gasteiger partial charge in [0.1, 0.15) is 16.3 Å². The van der Waals surface area contributed by atoms with Crippen LogP contribution in [0.5, 0.6) is 0 Å². The second kappa shape index (κ2) is 7.23. The average molecular weight is 518 g/mol. The largest absolute Gasteiger partial charge is 0.420 e. The Bertz CT molecular complexity index is 1330. The van der Waals surface area contributed by atoms with E-state index in [1.54, 1.807) is 6.92 Å². The average Bonchev–Trinajstić information content (AvgIpc) is 3.62. The van der Waals surface area contributed by atoms with Crippen molar-refractivity contribution >= 4 is 21.3 Å². The fraction of sp³-hybridized carbons (Fsp3) is 0.591. The van der Waals surface area contributed by atoms with Crippen LogP contribution in [0.1, 0.15) is 66.7 Å². The van der Waals surface area contributed by atoms with Crippen molar-refractivity contribution in [1.29, 1.82) is 4.78 Å². The molecule has 5 rings (SSSR count). The maximum atomic E-state index is 14.3. The summed E-state index contributed by atoms with van der Waals surface area (Å²) in [6.45, 7) is 1.38. The van der Waals surface area contributed by atoms with Crippen molar-refractivity contribution in [2.45, 2.75) is 68.6 Å². The minimum absolute atomic E-state index is 0.00993. The van der Waals surface area contributed by atoms with Gasteiger partial charge in [-0.15, -0.1) is 0 Å². The highest BCUT2D eigenvalue weighted by molar-refractivity contribution is 7.91. The van der Waals surface area contributed by atoms with Crippen molar-refractivity contribution in [2.24, 2.45) is 10.8 Å². The van der Waals surface area contributed by atoms with Crippen LogP contribution in [-0.4, -0.2) is 37.1 Å². The second-order valence-electron chi connectivity index (χ2n) is 10.2. The standard InChI is InChI=1S/C22H24F5N5O2S/c1-19(10-21(23,24)20(19)6-7-20)11-32-17(15(22(25,26)27)16(31-32)12-3-4-12)18(33)30-13-5-8-29-14(9-13)35(2,28)34/h5,8-9,12,28H,3-4,6-7,10-11H2,1-2H3,(H,29,30,33). The quantitative estimate of drug-likeness (QED) is 0.509. The summed E-state index contributed by atoms with van der Waals surface area (Å²) in [4.78, 5) is 17.1. The number of pyridine rings is 1. The molecule has 190 valence electrons. The summed E-state index contributed by atoms with van der Waals surface area (Å²) in [6, 6.07) is 2.46. The van der Waals surface area contributed by atoms with Gasteiger partial charge in [-0.2, -0.15) is 18.3 Å². The third-order valence-electron chi connectivity index (χ3n) is 7.55. The molecule has 2 heterocycles. The highest BCUT2D eigenvalue weighted by atomic mass is 32.2. The number of carbonyl (C=O) groups is 1. The molecule has 0 saturated heterocycles. The molecule has 3 aliphatic carbocycles. The lowest BCUT2D eigenvalue weighted by Gasteiger charge is -2.54. The lowest BCUT2D eigenvalue weighted by atomic mass is 9.55. The number of alkyl halides is 5. The summed E-state index contributed by atoms with van der Waals surface area (Å²) < 4.78 is 91.9. The van der Waals surface area contributed by atoms with E-state index in [9.17, 15) is 31.0 Å². The van der Waals surface area contributed by atoms with Crippen molar-refractivity contribution in [3.8, 4) is 0 Å². The topological polar surface area (TPSA) is 101 Å². The molecule has 0 bridgehead atoms. The zero-order chi connectivity index (χ0) is 25.6. The van der Waals surface area contributed by atoms with Crippen LogP contribution >= 0.6 is 0 Å². The van der Waals surface area contributed by atoms with Gasteiger partial charge < -0.3 is 5.32 Å². The molecule has 0 radical (unpaired) electrons. The van der Waals surface area contributed by atoms with Crippen LogP contribution in [0.3, 0.4) is 0 Å². The molecule has 2 atom stereocenters. The van der Waals surface area contributed by atoms with E-state index in [2.05, 4.69) is 15.4 Å². The predicted octanol–water partition coefficient (Wildman–Crippen LogP) is 5.29. The molecule has 2 aromatic rings. The van der Waals surface area contributed by atoms with Gasteiger partial charge in [-0.25, -0.2) is 22.8 Å². The van der Waals surface area contributed by atoms with Crippen LogP contribution in [0.2, 0.25) is 0 Å². The fourth-order valence-corrected chi connectivity index (χ4v) is 6.05. The van der Waals surface area contributed by atoms with Crippen LogP contribution < -0.4 is 5.32 Å². The van der Waals surface area contributed by atoms with Crippen LogP contribution in [0, 0.1) is 15.6 Å². The Hall–Kier alpha value is -2.57. The minimum Gasteiger partial charge on any atom is -0.320 e. The normalized spacial score (nSPS) is 26.1. The molecular formula is C22H24F5N5O2S. The Kier molecular flexibility index (Phi) is 4.99. The summed E-state index contributed by atoms with van der Waals surface area (Å²) in [6.07, 6.45) is -1.48. The Morgan fingerprint density at radius 3 is 2.49 bits per heavy atom. The van der Waals surface area contributed by atoms with Gasteiger partial charge in [0.25, 0.3) is 11.8 Å². The van der Waals surface area contributed by atoms with Gasteiger partial charge in [-0.3, -0.25) is 9.48 Å². The van der Waals surface area contributed by atoms with Crippen LogP contribution in [0.25, 0.3) is 0 Å². The van der Waals surface area contributed by atoms with Gasteiger partial charge in [0.05, 0.1) is 15.4 Å². The third-order valence-corrected chi connectivity index (χ3v) is 8.57. The Morgan fingerprint density at radius 2 is 1.97 bits per heavy atom. The molecule has 1 spiro atoms. The number of amides is 1. The van der Waals surface area contributed by atoms with E-state index in [-0.39, 0.29) is 35.8 Å². The number of anilines is 1. The molecule has 2 aromatic heterocycles. The number of hydrogen-bond acceptors (Lipinski definition) is 5. The number of hydrogen-bond donors (Lipinski definition) is 2. The zero-order valence-corrected chi connectivity index (χ0v) is 19.8. The van der Waals surface area contributed by atoms with E-state index < -0.39 is 62.2 Å². The first kappa shape index (κ1) is 24.1. The lowest BCUT2D eigenvalue weighted by Crippen LogP contribution is -2.59. The number of rotatable bonds is 6. The molecule has 3 saturated carbocycles. The number of halogens is 5. The summed E-state index contributed by atoms with van der Waals surface area (Å²) in [7, 11) is -3.23. The molecule has 7 nitrogen and oxygen atoms in total. The van der Waals surface area contributed by atoms with Crippen LogP contribution in [-0.2, 0) is 22.5 Å². The highest BCUT2D eigenvalue weighted by Crippen LogP contribution is 2.78. The molecule has 2 N–H and O–H groups in total. The van der Waals surface area contributed by atoms with Gasteiger partial charge in [0, 0.05) is 47.9 Å². The number of aromatic nitrogens is 3. The lowest BCUT2D eigenvalue weighted by molar-refractivity contribution is -0.243. The number of carbonyl (C=O) groups excluding carboxylic acids is 1. The van der Waals surface area contributed by atoms with Crippen LogP contribution in [0.4, 0.5) is 27.6 Å². The number of nitrogens with one attached hydrogen (secondary N) is 2. The summed E-state index contributed by atoms with van der Waals surface area (Å²) in [5, 5.41) is 6.40. The maximum Gasteiger partial charge on any atom is 0.420 e. The zero-order valence-electron chi connectivity index (χ0n) is 19.0. The first-order valence-corrected chi connectivity index (χ1v) is 13.1. The number of nitrogens with zero attached hydrogens (tertiary/aromatic N) is 3. The maximum absolute atomic E-state index is 14.3. The first-order valence-electron chi connectivity index (χ1n) is 11.1. The van der Waals surface area contributed by atoms with Gasteiger partial charge in [-0.05, 0) is 37.8 Å². The Morgan fingerprint density at radius 1 is 1.31 bits per heavy atom. The summed E-state index contributed by atoms with van der Waals surface area (Å²) in [5.41, 5.74) is -4.37. The Labute approximate surface area is 198 Å². The van der Waals surface area contributed by atoms with E-state index in [1.165, 1.54) is 12.3 Å². The predicted molar refractivity (Wildman–Crippen MR) is 116 cm³/mol.